The van der Waals surface area contributed by atoms with Gasteiger partial charge in [0.15, 0.2) is 0 Å². The van der Waals surface area contributed by atoms with Crippen molar-refractivity contribution in [2.45, 2.75) is 6.92 Å². The molecule has 0 aliphatic carbocycles. The highest BCUT2D eigenvalue weighted by atomic mass is 16.5. The molecule has 2 N–H and O–H groups in total. The van der Waals surface area contributed by atoms with Crippen LogP contribution in [0.25, 0.3) is 6.08 Å². The number of phenols is 1. The minimum Gasteiger partial charge on any atom is -0.508 e. The fourth-order valence-electron chi connectivity index (χ4n) is 1.55. The van der Waals surface area contributed by atoms with Gasteiger partial charge in [0.05, 0.1) is 0 Å². The Morgan fingerprint density at radius 2 is 2.38 bits per heavy atom. The maximum Gasteiger partial charge on any atom is 0.217 e. The van der Waals surface area contributed by atoms with Crippen LogP contribution in [0, 0.1) is 0 Å². The van der Waals surface area contributed by atoms with E-state index in [9.17, 15) is 9.90 Å². The molecule has 1 heterocycles. The first-order valence-electron chi connectivity index (χ1n) is 5.05. The lowest BCUT2D eigenvalue weighted by Gasteiger charge is -2.18. The van der Waals surface area contributed by atoms with Crippen molar-refractivity contribution < 1.29 is 14.6 Å². The van der Waals surface area contributed by atoms with E-state index in [1.54, 1.807) is 18.2 Å². The molecule has 2 rings (SSSR count). The Bertz CT molecular complexity index is 452. The zero-order valence-corrected chi connectivity index (χ0v) is 8.99. The smallest absolute Gasteiger partial charge is 0.217 e. The van der Waals surface area contributed by atoms with Gasteiger partial charge in [-0.2, -0.15) is 0 Å². The van der Waals surface area contributed by atoms with Gasteiger partial charge < -0.3 is 15.2 Å². The molecule has 0 saturated heterocycles. The number of carbonyl (C=O) groups is 1. The van der Waals surface area contributed by atoms with Crippen molar-refractivity contribution in [1.82, 2.24) is 5.32 Å². The maximum atomic E-state index is 10.8. The van der Waals surface area contributed by atoms with E-state index in [1.807, 2.05) is 6.08 Å². The molecular weight excluding hydrogens is 206 g/mol. The fourth-order valence-corrected chi connectivity index (χ4v) is 1.55. The Morgan fingerprint density at radius 1 is 1.56 bits per heavy atom. The fraction of sp³-hybridized carbons (Fsp3) is 0.250. The van der Waals surface area contributed by atoms with E-state index in [-0.39, 0.29) is 11.7 Å². The monoisotopic (exact) mass is 219 g/mol. The van der Waals surface area contributed by atoms with Gasteiger partial charge in [-0.1, -0.05) is 0 Å². The van der Waals surface area contributed by atoms with Gasteiger partial charge in [0, 0.05) is 19.0 Å². The Kier molecular flexibility index (Phi) is 2.81. The zero-order chi connectivity index (χ0) is 11.5. The lowest BCUT2D eigenvalue weighted by Crippen LogP contribution is -2.25. The molecule has 1 aromatic rings. The summed E-state index contributed by atoms with van der Waals surface area (Å²) in [6.07, 6.45) is 1.93. The summed E-state index contributed by atoms with van der Waals surface area (Å²) in [5.41, 5.74) is 1.82. The van der Waals surface area contributed by atoms with E-state index >= 15 is 0 Å². The van der Waals surface area contributed by atoms with Crippen molar-refractivity contribution in [3.63, 3.8) is 0 Å². The average molecular weight is 219 g/mol. The molecular formula is C12H13NO3. The number of carbonyl (C=O) groups excluding carboxylic acids is 1. The normalized spacial score (nSPS) is 13.4. The van der Waals surface area contributed by atoms with Gasteiger partial charge in [0.25, 0.3) is 0 Å². The van der Waals surface area contributed by atoms with E-state index in [1.165, 1.54) is 6.92 Å². The first-order valence-corrected chi connectivity index (χ1v) is 5.05. The van der Waals surface area contributed by atoms with Crippen molar-refractivity contribution in [1.29, 1.82) is 0 Å². The van der Waals surface area contributed by atoms with Gasteiger partial charge >= 0.3 is 0 Å². The van der Waals surface area contributed by atoms with Crippen LogP contribution in [0.5, 0.6) is 11.5 Å². The average Bonchev–Trinajstić information content (AvgIpc) is 2.25. The number of hydrogen-bond acceptors (Lipinski definition) is 3. The van der Waals surface area contributed by atoms with E-state index in [2.05, 4.69) is 5.32 Å². The van der Waals surface area contributed by atoms with E-state index in [0.717, 1.165) is 16.9 Å². The Morgan fingerprint density at radius 3 is 3.12 bits per heavy atom. The summed E-state index contributed by atoms with van der Waals surface area (Å²) in [6.45, 7) is 2.42. The van der Waals surface area contributed by atoms with Crippen molar-refractivity contribution in [3.8, 4) is 11.5 Å². The van der Waals surface area contributed by atoms with Crippen molar-refractivity contribution >= 4 is 12.0 Å². The predicted molar refractivity (Wildman–Crippen MR) is 60.3 cm³/mol. The van der Waals surface area contributed by atoms with Crippen LogP contribution in [0.4, 0.5) is 0 Å². The highest BCUT2D eigenvalue weighted by molar-refractivity contribution is 5.73. The molecule has 0 fully saturated rings. The molecule has 1 aromatic carbocycles. The third kappa shape index (κ3) is 2.34. The molecule has 4 heteroatoms. The lowest BCUT2D eigenvalue weighted by atomic mass is 10.1. The second kappa shape index (κ2) is 4.26. The molecule has 0 atom stereocenters. The van der Waals surface area contributed by atoms with Crippen LogP contribution in [0.2, 0.25) is 0 Å². The first-order chi connectivity index (χ1) is 7.65. The lowest BCUT2D eigenvalue weighted by molar-refractivity contribution is -0.118. The van der Waals surface area contributed by atoms with Gasteiger partial charge in [-0.3, -0.25) is 4.79 Å². The van der Waals surface area contributed by atoms with Gasteiger partial charge in [0.1, 0.15) is 18.1 Å². The summed E-state index contributed by atoms with van der Waals surface area (Å²) in [5, 5.41) is 12.0. The molecule has 0 unspecified atom stereocenters. The molecule has 0 saturated carbocycles. The summed E-state index contributed by atoms with van der Waals surface area (Å²) in [4.78, 5) is 10.8. The second-order valence-corrected chi connectivity index (χ2v) is 3.72. The van der Waals surface area contributed by atoms with E-state index < -0.39 is 0 Å². The minimum absolute atomic E-state index is 0.0670. The molecule has 0 bridgehead atoms. The molecule has 0 spiro atoms. The van der Waals surface area contributed by atoms with Crippen LogP contribution in [-0.2, 0) is 4.79 Å². The van der Waals surface area contributed by atoms with Crippen LogP contribution < -0.4 is 10.1 Å². The van der Waals surface area contributed by atoms with Crippen LogP contribution in [0.1, 0.15) is 12.5 Å². The Hall–Kier alpha value is -1.97. The van der Waals surface area contributed by atoms with Crippen LogP contribution in [0.3, 0.4) is 0 Å². The molecule has 1 amide bonds. The summed E-state index contributed by atoms with van der Waals surface area (Å²) in [5.74, 6) is 0.895. The standard InChI is InChI=1S/C12H13NO3/c1-8(14)13-6-9-4-10-5-11(15)2-3-12(10)16-7-9/h2-5,15H,6-7H2,1H3,(H,13,14). The summed E-state index contributed by atoms with van der Waals surface area (Å²) >= 11 is 0. The number of amides is 1. The van der Waals surface area contributed by atoms with Gasteiger partial charge in [0.2, 0.25) is 5.91 Å². The van der Waals surface area contributed by atoms with E-state index in [4.69, 9.17) is 4.74 Å². The summed E-state index contributed by atoms with van der Waals surface area (Å²) < 4.78 is 5.49. The Labute approximate surface area is 93.5 Å². The molecule has 0 aromatic heterocycles. The topological polar surface area (TPSA) is 58.6 Å². The number of fused-ring (bicyclic) bond motifs is 1. The van der Waals surface area contributed by atoms with Crippen molar-refractivity contribution in [2.75, 3.05) is 13.2 Å². The predicted octanol–water partition coefficient (Wildman–Crippen LogP) is 1.30. The molecule has 1 aliphatic heterocycles. The number of benzene rings is 1. The maximum absolute atomic E-state index is 10.8. The third-order valence-corrected chi connectivity index (χ3v) is 2.33. The molecule has 84 valence electrons. The van der Waals surface area contributed by atoms with Crippen LogP contribution in [0.15, 0.2) is 23.8 Å². The second-order valence-electron chi connectivity index (χ2n) is 3.72. The SMILES string of the molecule is CC(=O)NCC1=Cc2cc(O)ccc2OC1. The number of hydrogen-bond donors (Lipinski definition) is 2. The van der Waals surface area contributed by atoms with Gasteiger partial charge in [-0.25, -0.2) is 0 Å². The van der Waals surface area contributed by atoms with Crippen molar-refractivity contribution in [2.24, 2.45) is 0 Å². The molecule has 4 nitrogen and oxygen atoms in total. The quantitative estimate of drug-likeness (QED) is 0.788. The Balaban J connectivity index is 2.17. The van der Waals surface area contributed by atoms with Gasteiger partial charge in [-0.15, -0.1) is 0 Å². The van der Waals surface area contributed by atoms with Crippen molar-refractivity contribution in [3.05, 3.63) is 29.3 Å². The van der Waals surface area contributed by atoms with E-state index in [0.29, 0.717) is 13.2 Å². The third-order valence-electron chi connectivity index (χ3n) is 2.33. The highest BCUT2D eigenvalue weighted by Crippen LogP contribution is 2.29. The molecule has 1 aliphatic rings. The molecule has 16 heavy (non-hydrogen) atoms. The largest absolute Gasteiger partial charge is 0.508 e. The minimum atomic E-state index is -0.0670. The summed E-state index contributed by atoms with van der Waals surface area (Å²) in [6, 6.07) is 4.96. The highest BCUT2D eigenvalue weighted by Gasteiger charge is 2.11. The molecule has 0 radical (unpaired) electrons. The van der Waals surface area contributed by atoms with Gasteiger partial charge in [-0.05, 0) is 29.8 Å². The number of aromatic hydroxyl groups is 1. The number of phenolic OH excluding ortho intramolecular Hbond substituents is 1. The first kappa shape index (κ1) is 10.5. The number of rotatable bonds is 2. The number of nitrogens with one attached hydrogen (secondary N) is 1. The zero-order valence-electron chi connectivity index (χ0n) is 8.99. The number of ether oxygens (including phenoxy) is 1. The van der Waals surface area contributed by atoms with Crippen LogP contribution in [-0.4, -0.2) is 24.2 Å². The van der Waals surface area contributed by atoms with Crippen LogP contribution >= 0.6 is 0 Å². The summed E-state index contributed by atoms with van der Waals surface area (Å²) in [7, 11) is 0.